The number of phenolic OH excluding ortho intramolecular Hbond substituents is 1. The molecule has 0 aliphatic rings. The maximum absolute atomic E-state index is 12.3. The molecule has 2 aromatic carbocycles. The molecular formula is C19H17NO4S. The highest BCUT2D eigenvalue weighted by molar-refractivity contribution is 7.17. The molecule has 128 valence electrons. The Morgan fingerprint density at radius 1 is 1.08 bits per heavy atom. The predicted molar refractivity (Wildman–Crippen MR) is 96.9 cm³/mol. The van der Waals surface area contributed by atoms with Gasteiger partial charge in [0.05, 0.1) is 6.42 Å². The van der Waals surface area contributed by atoms with Gasteiger partial charge in [0, 0.05) is 11.1 Å². The molecule has 1 heterocycles. The van der Waals surface area contributed by atoms with Crippen molar-refractivity contribution in [3.05, 3.63) is 65.0 Å². The van der Waals surface area contributed by atoms with Crippen LogP contribution in [-0.2, 0) is 22.4 Å². The summed E-state index contributed by atoms with van der Waals surface area (Å²) in [5, 5.41) is 24.2. The third kappa shape index (κ3) is 4.16. The normalized spacial score (nSPS) is 12.0. The van der Waals surface area contributed by atoms with Gasteiger partial charge in [-0.25, -0.2) is 4.79 Å². The quantitative estimate of drug-likeness (QED) is 0.634. The Kier molecular flexibility index (Phi) is 5.00. The van der Waals surface area contributed by atoms with Crippen LogP contribution in [0.15, 0.2) is 53.9 Å². The number of thiophene rings is 1. The number of carbonyl (C=O) groups is 2. The Hall–Kier alpha value is -2.86. The highest BCUT2D eigenvalue weighted by Gasteiger charge is 2.21. The molecule has 0 fully saturated rings. The molecule has 1 unspecified atom stereocenters. The number of aliphatic carboxylic acids is 1. The lowest BCUT2D eigenvalue weighted by Crippen LogP contribution is -2.43. The van der Waals surface area contributed by atoms with Crippen molar-refractivity contribution >= 4 is 33.3 Å². The predicted octanol–water partition coefficient (Wildman–Crippen LogP) is 2.96. The zero-order chi connectivity index (χ0) is 17.8. The van der Waals surface area contributed by atoms with Crippen LogP contribution in [0.2, 0.25) is 0 Å². The molecule has 0 aliphatic carbocycles. The number of hydrogen-bond donors (Lipinski definition) is 3. The third-order valence-corrected chi connectivity index (χ3v) is 4.93. The number of nitrogens with one attached hydrogen (secondary N) is 1. The number of aromatic hydroxyl groups is 1. The molecule has 3 rings (SSSR count). The van der Waals surface area contributed by atoms with E-state index in [-0.39, 0.29) is 24.5 Å². The summed E-state index contributed by atoms with van der Waals surface area (Å²) in [7, 11) is 0. The van der Waals surface area contributed by atoms with E-state index in [0.717, 1.165) is 21.2 Å². The largest absolute Gasteiger partial charge is 0.508 e. The Balaban J connectivity index is 1.68. The minimum atomic E-state index is -1.09. The summed E-state index contributed by atoms with van der Waals surface area (Å²) in [4.78, 5) is 23.8. The molecule has 5 nitrogen and oxygen atoms in total. The average Bonchev–Trinajstić information content (AvgIpc) is 2.99. The summed E-state index contributed by atoms with van der Waals surface area (Å²) >= 11 is 1.57. The Morgan fingerprint density at radius 2 is 1.80 bits per heavy atom. The number of carboxylic acid groups (broad SMARTS) is 1. The first kappa shape index (κ1) is 17.0. The number of fused-ring (bicyclic) bond motifs is 1. The fourth-order valence-corrected chi connectivity index (χ4v) is 3.62. The van der Waals surface area contributed by atoms with E-state index in [9.17, 15) is 19.8 Å². The van der Waals surface area contributed by atoms with Crippen LogP contribution in [0.3, 0.4) is 0 Å². The number of rotatable bonds is 6. The summed E-state index contributed by atoms with van der Waals surface area (Å²) in [6, 6.07) is 13.1. The van der Waals surface area contributed by atoms with Crippen molar-refractivity contribution in [2.75, 3.05) is 0 Å². The van der Waals surface area contributed by atoms with Crippen molar-refractivity contribution in [1.29, 1.82) is 0 Å². The summed E-state index contributed by atoms with van der Waals surface area (Å²) in [6.07, 6.45) is 0.301. The molecule has 3 N–H and O–H groups in total. The first-order chi connectivity index (χ1) is 12.0. The molecule has 0 aliphatic heterocycles. The molecule has 0 radical (unpaired) electrons. The zero-order valence-corrected chi connectivity index (χ0v) is 14.1. The molecule has 0 bridgehead atoms. The highest BCUT2D eigenvalue weighted by Crippen LogP contribution is 2.25. The Bertz CT molecular complexity index is 901. The first-order valence-corrected chi connectivity index (χ1v) is 8.66. The van der Waals surface area contributed by atoms with Gasteiger partial charge >= 0.3 is 5.97 Å². The molecule has 0 saturated heterocycles. The van der Waals surface area contributed by atoms with E-state index in [4.69, 9.17) is 0 Å². The van der Waals surface area contributed by atoms with Gasteiger partial charge in [-0.3, -0.25) is 4.79 Å². The average molecular weight is 355 g/mol. The van der Waals surface area contributed by atoms with Crippen LogP contribution in [0.1, 0.15) is 11.1 Å². The van der Waals surface area contributed by atoms with Crippen LogP contribution < -0.4 is 5.32 Å². The molecule has 6 heteroatoms. The Labute approximate surface area is 148 Å². The smallest absolute Gasteiger partial charge is 0.326 e. The number of hydrogen-bond acceptors (Lipinski definition) is 4. The third-order valence-electron chi connectivity index (χ3n) is 3.92. The SMILES string of the molecule is O=C(Cc1csc2ccccc12)NC(Cc1ccc(O)cc1)C(=O)O. The van der Waals surface area contributed by atoms with Gasteiger partial charge in [0.1, 0.15) is 11.8 Å². The standard InChI is InChI=1S/C19H17NO4S/c21-14-7-5-12(6-8-14)9-16(19(23)24)20-18(22)10-13-11-25-17-4-2-1-3-15(13)17/h1-8,11,16,21H,9-10H2,(H,20,22)(H,23,24). The van der Waals surface area contributed by atoms with Gasteiger partial charge < -0.3 is 15.5 Å². The van der Waals surface area contributed by atoms with E-state index in [0.29, 0.717) is 0 Å². The summed E-state index contributed by atoms with van der Waals surface area (Å²) in [6.45, 7) is 0. The topological polar surface area (TPSA) is 86.6 Å². The van der Waals surface area contributed by atoms with Crippen molar-refractivity contribution in [3.63, 3.8) is 0 Å². The lowest BCUT2D eigenvalue weighted by atomic mass is 10.0. The molecule has 25 heavy (non-hydrogen) atoms. The minimum Gasteiger partial charge on any atom is -0.508 e. The lowest BCUT2D eigenvalue weighted by Gasteiger charge is -2.14. The van der Waals surface area contributed by atoms with Gasteiger partial charge in [-0.1, -0.05) is 30.3 Å². The molecule has 0 spiro atoms. The van der Waals surface area contributed by atoms with Crippen molar-refractivity contribution in [1.82, 2.24) is 5.32 Å². The van der Waals surface area contributed by atoms with Crippen molar-refractivity contribution in [2.45, 2.75) is 18.9 Å². The van der Waals surface area contributed by atoms with E-state index in [2.05, 4.69) is 5.32 Å². The van der Waals surface area contributed by atoms with E-state index in [1.165, 1.54) is 12.1 Å². The first-order valence-electron chi connectivity index (χ1n) is 7.78. The van der Waals surface area contributed by atoms with Crippen molar-refractivity contribution in [3.8, 4) is 5.75 Å². The zero-order valence-electron chi connectivity index (χ0n) is 13.3. The van der Waals surface area contributed by atoms with Gasteiger partial charge in [-0.2, -0.15) is 0 Å². The number of carboxylic acids is 1. The fourth-order valence-electron chi connectivity index (χ4n) is 2.66. The second-order valence-corrected chi connectivity index (χ2v) is 6.67. The van der Waals surface area contributed by atoms with Crippen LogP contribution in [0.4, 0.5) is 0 Å². The van der Waals surface area contributed by atoms with Gasteiger partial charge in [-0.05, 0) is 40.1 Å². The van der Waals surface area contributed by atoms with Crippen LogP contribution in [-0.4, -0.2) is 28.1 Å². The van der Waals surface area contributed by atoms with Gasteiger partial charge in [0.15, 0.2) is 0 Å². The maximum atomic E-state index is 12.3. The van der Waals surface area contributed by atoms with Gasteiger partial charge in [0.25, 0.3) is 0 Å². The monoisotopic (exact) mass is 355 g/mol. The van der Waals surface area contributed by atoms with Gasteiger partial charge in [-0.15, -0.1) is 11.3 Å². The maximum Gasteiger partial charge on any atom is 0.326 e. The van der Waals surface area contributed by atoms with Crippen LogP contribution >= 0.6 is 11.3 Å². The highest BCUT2D eigenvalue weighted by atomic mass is 32.1. The van der Waals surface area contributed by atoms with Crippen molar-refractivity contribution < 1.29 is 19.8 Å². The molecule has 1 amide bonds. The molecule has 0 saturated carbocycles. The number of carbonyl (C=O) groups excluding carboxylic acids is 1. The second-order valence-electron chi connectivity index (χ2n) is 5.76. The molecule has 1 atom stereocenters. The molecule has 3 aromatic rings. The lowest BCUT2D eigenvalue weighted by molar-refractivity contribution is -0.141. The second kappa shape index (κ2) is 7.36. The minimum absolute atomic E-state index is 0.115. The number of amides is 1. The number of phenols is 1. The fraction of sp³-hybridized carbons (Fsp3) is 0.158. The van der Waals surface area contributed by atoms with Gasteiger partial charge in [0.2, 0.25) is 5.91 Å². The summed E-state index contributed by atoms with van der Waals surface area (Å²) in [5.74, 6) is -1.30. The van der Waals surface area contributed by atoms with E-state index in [1.807, 2.05) is 29.6 Å². The molecule has 1 aromatic heterocycles. The van der Waals surface area contributed by atoms with Crippen molar-refractivity contribution in [2.24, 2.45) is 0 Å². The number of benzene rings is 2. The van der Waals surface area contributed by atoms with E-state index < -0.39 is 12.0 Å². The Morgan fingerprint density at radius 3 is 2.52 bits per heavy atom. The van der Waals surface area contributed by atoms with Crippen LogP contribution in [0.5, 0.6) is 5.75 Å². The van der Waals surface area contributed by atoms with Crippen LogP contribution in [0, 0.1) is 0 Å². The summed E-state index contributed by atoms with van der Waals surface area (Å²) < 4.78 is 1.10. The van der Waals surface area contributed by atoms with E-state index in [1.54, 1.807) is 23.5 Å². The van der Waals surface area contributed by atoms with Crippen LogP contribution in [0.25, 0.3) is 10.1 Å². The summed E-state index contributed by atoms with van der Waals surface area (Å²) in [5.41, 5.74) is 1.62. The van der Waals surface area contributed by atoms with E-state index >= 15 is 0 Å². The molecular weight excluding hydrogens is 338 g/mol.